The number of nitrogens with zero attached hydrogens (tertiary/aromatic N) is 1. The Balaban J connectivity index is 2.34. The summed E-state index contributed by atoms with van der Waals surface area (Å²) >= 11 is 3.61. The van der Waals surface area contributed by atoms with Crippen LogP contribution in [0.3, 0.4) is 0 Å². The third-order valence-electron chi connectivity index (χ3n) is 3.35. The van der Waals surface area contributed by atoms with Crippen LogP contribution in [0.4, 0.5) is 5.69 Å². The summed E-state index contributed by atoms with van der Waals surface area (Å²) in [5.74, 6) is 0.0839. The molecule has 4 nitrogen and oxygen atoms in total. The number of aryl methyl sites for hydroxylation is 1. The van der Waals surface area contributed by atoms with Crippen molar-refractivity contribution in [1.82, 2.24) is 10.6 Å². The van der Waals surface area contributed by atoms with Gasteiger partial charge in [0, 0.05) is 23.6 Å². The lowest BCUT2D eigenvalue weighted by Crippen LogP contribution is -2.62. The topological polar surface area (TPSA) is 44.4 Å². The van der Waals surface area contributed by atoms with Gasteiger partial charge in [0.25, 0.3) is 0 Å². The largest absolute Gasteiger partial charge is 0.356 e. The zero-order valence-corrected chi connectivity index (χ0v) is 13.1. The average molecular weight is 326 g/mol. The number of benzene rings is 1. The van der Waals surface area contributed by atoms with Crippen molar-refractivity contribution in [2.45, 2.75) is 25.9 Å². The van der Waals surface area contributed by atoms with Gasteiger partial charge in [0.2, 0.25) is 5.91 Å². The van der Waals surface area contributed by atoms with Gasteiger partial charge < -0.3 is 15.5 Å². The summed E-state index contributed by atoms with van der Waals surface area (Å²) in [6.07, 6.45) is 0. The quantitative estimate of drug-likeness (QED) is 0.888. The van der Waals surface area contributed by atoms with Crippen molar-refractivity contribution in [3.05, 3.63) is 28.2 Å². The first-order chi connectivity index (χ1) is 9.02. The van der Waals surface area contributed by atoms with Gasteiger partial charge in [-0.2, -0.15) is 0 Å². The van der Waals surface area contributed by atoms with Crippen molar-refractivity contribution >= 4 is 27.5 Å². The van der Waals surface area contributed by atoms with Crippen LogP contribution < -0.4 is 15.5 Å². The predicted octanol–water partition coefficient (Wildman–Crippen LogP) is 1.67. The van der Waals surface area contributed by atoms with Crippen LogP contribution in [0.1, 0.15) is 12.5 Å². The molecule has 0 aliphatic carbocycles. The molecular weight excluding hydrogens is 306 g/mol. The minimum atomic E-state index is -0.166. The number of likely N-dealkylation sites (N-methyl/N-ethyl adjacent to an activating group) is 1. The van der Waals surface area contributed by atoms with Crippen molar-refractivity contribution in [2.75, 3.05) is 25.0 Å². The van der Waals surface area contributed by atoms with E-state index in [2.05, 4.69) is 56.6 Å². The van der Waals surface area contributed by atoms with Gasteiger partial charge in [-0.05, 0) is 54.5 Å². The zero-order chi connectivity index (χ0) is 14.0. The monoisotopic (exact) mass is 325 g/mol. The minimum absolute atomic E-state index is 0.0839. The van der Waals surface area contributed by atoms with Gasteiger partial charge in [0.15, 0.2) is 0 Å². The molecule has 1 aromatic rings. The summed E-state index contributed by atoms with van der Waals surface area (Å²) < 4.78 is 1.04. The van der Waals surface area contributed by atoms with Crippen molar-refractivity contribution in [3.8, 4) is 0 Å². The van der Waals surface area contributed by atoms with Crippen molar-refractivity contribution < 1.29 is 4.79 Å². The highest BCUT2D eigenvalue weighted by molar-refractivity contribution is 9.10. The standard InChI is InChI=1S/C14H20BrN3O/c1-9-4-5-12(11(15)6-9)18-8-10(2)17-14(19)13(18)7-16-3/h4-6,10,13,16H,7-8H2,1-3H3,(H,17,19). The normalized spacial score (nSPS) is 23.4. The van der Waals surface area contributed by atoms with Gasteiger partial charge in [-0.15, -0.1) is 0 Å². The fourth-order valence-corrected chi connectivity index (χ4v) is 3.18. The highest BCUT2D eigenvalue weighted by Crippen LogP contribution is 2.30. The first kappa shape index (κ1) is 14.3. The third kappa shape index (κ3) is 3.09. The molecule has 5 heteroatoms. The number of carbonyl (C=O) groups excluding carboxylic acids is 1. The second-order valence-corrected chi connectivity index (χ2v) is 5.94. The molecule has 2 N–H and O–H groups in total. The van der Waals surface area contributed by atoms with Crippen molar-refractivity contribution in [3.63, 3.8) is 0 Å². The van der Waals surface area contributed by atoms with Gasteiger partial charge in [-0.3, -0.25) is 4.79 Å². The smallest absolute Gasteiger partial charge is 0.244 e. The van der Waals surface area contributed by atoms with Gasteiger partial charge in [0.05, 0.1) is 5.69 Å². The van der Waals surface area contributed by atoms with E-state index in [0.29, 0.717) is 6.54 Å². The highest BCUT2D eigenvalue weighted by Gasteiger charge is 2.33. The number of nitrogens with one attached hydrogen (secondary N) is 2. The molecule has 0 radical (unpaired) electrons. The summed E-state index contributed by atoms with van der Waals surface area (Å²) in [6, 6.07) is 6.23. The maximum atomic E-state index is 12.1. The lowest BCUT2D eigenvalue weighted by molar-refractivity contribution is -0.124. The summed E-state index contributed by atoms with van der Waals surface area (Å²) in [4.78, 5) is 14.3. The molecule has 0 aromatic heterocycles. The lowest BCUT2D eigenvalue weighted by atomic mass is 10.1. The van der Waals surface area contributed by atoms with Crippen LogP contribution in [0.2, 0.25) is 0 Å². The third-order valence-corrected chi connectivity index (χ3v) is 3.98. The second-order valence-electron chi connectivity index (χ2n) is 5.09. The number of hydrogen-bond acceptors (Lipinski definition) is 3. The van der Waals surface area contributed by atoms with Crippen LogP contribution >= 0.6 is 15.9 Å². The Morgan fingerprint density at radius 2 is 2.26 bits per heavy atom. The molecule has 2 unspecified atom stereocenters. The van der Waals surface area contributed by atoms with Crippen LogP contribution in [-0.2, 0) is 4.79 Å². The van der Waals surface area contributed by atoms with Crippen LogP contribution in [-0.4, -0.2) is 38.1 Å². The van der Waals surface area contributed by atoms with E-state index in [9.17, 15) is 4.79 Å². The Bertz CT molecular complexity index is 478. The van der Waals surface area contributed by atoms with Crippen molar-refractivity contribution in [2.24, 2.45) is 0 Å². The molecule has 0 bridgehead atoms. The minimum Gasteiger partial charge on any atom is -0.356 e. The van der Waals surface area contributed by atoms with Gasteiger partial charge in [0.1, 0.15) is 6.04 Å². The SMILES string of the molecule is CNCC1C(=O)NC(C)CN1c1ccc(C)cc1Br. The number of piperazine rings is 1. The van der Waals surface area contributed by atoms with Crippen LogP contribution in [0.5, 0.6) is 0 Å². The predicted molar refractivity (Wildman–Crippen MR) is 81.5 cm³/mol. The van der Waals surface area contributed by atoms with E-state index in [1.165, 1.54) is 5.56 Å². The fraction of sp³-hybridized carbons (Fsp3) is 0.500. The maximum Gasteiger partial charge on any atom is 0.244 e. The molecule has 1 aromatic carbocycles. The first-order valence-electron chi connectivity index (χ1n) is 6.50. The summed E-state index contributed by atoms with van der Waals surface area (Å²) in [7, 11) is 1.87. The summed E-state index contributed by atoms with van der Waals surface area (Å²) in [5, 5.41) is 6.10. The van der Waals surface area contributed by atoms with Crippen LogP contribution in [0.25, 0.3) is 0 Å². The molecule has 1 aliphatic rings. The van der Waals surface area contributed by atoms with E-state index < -0.39 is 0 Å². The number of carbonyl (C=O) groups is 1. The highest BCUT2D eigenvalue weighted by atomic mass is 79.9. The summed E-state index contributed by atoms with van der Waals surface area (Å²) in [6.45, 7) is 5.55. The van der Waals surface area contributed by atoms with E-state index >= 15 is 0 Å². The molecule has 0 saturated carbocycles. The van der Waals surface area contributed by atoms with Gasteiger partial charge in [-0.1, -0.05) is 6.07 Å². The molecule has 0 spiro atoms. The Morgan fingerprint density at radius 1 is 1.53 bits per heavy atom. The summed E-state index contributed by atoms with van der Waals surface area (Å²) in [5.41, 5.74) is 2.28. The van der Waals surface area contributed by atoms with Crippen LogP contribution in [0, 0.1) is 6.92 Å². The number of anilines is 1. The molecule has 1 heterocycles. The Morgan fingerprint density at radius 3 is 2.89 bits per heavy atom. The Kier molecular flexibility index (Phi) is 4.47. The van der Waals surface area contributed by atoms with E-state index in [-0.39, 0.29) is 18.0 Å². The average Bonchev–Trinajstić information content (AvgIpc) is 2.32. The Labute approximate surface area is 122 Å². The molecule has 1 amide bonds. The zero-order valence-electron chi connectivity index (χ0n) is 11.5. The second kappa shape index (κ2) is 5.92. The first-order valence-corrected chi connectivity index (χ1v) is 7.30. The molecular formula is C14H20BrN3O. The van der Waals surface area contributed by atoms with E-state index in [1.54, 1.807) is 0 Å². The van der Waals surface area contributed by atoms with Gasteiger partial charge in [-0.25, -0.2) is 0 Å². The molecule has 19 heavy (non-hydrogen) atoms. The van der Waals surface area contributed by atoms with E-state index in [1.807, 2.05) is 14.0 Å². The number of rotatable bonds is 3. The fourth-order valence-electron chi connectivity index (χ4n) is 2.46. The molecule has 1 aliphatic heterocycles. The number of halogens is 1. The molecule has 2 rings (SSSR count). The van der Waals surface area contributed by atoms with E-state index in [0.717, 1.165) is 16.7 Å². The molecule has 1 fully saturated rings. The Hall–Kier alpha value is -1.07. The lowest BCUT2D eigenvalue weighted by Gasteiger charge is -2.40. The van der Waals surface area contributed by atoms with Gasteiger partial charge >= 0.3 is 0 Å². The molecule has 2 atom stereocenters. The van der Waals surface area contributed by atoms with Crippen molar-refractivity contribution in [1.29, 1.82) is 0 Å². The van der Waals surface area contributed by atoms with Crippen LogP contribution in [0.15, 0.2) is 22.7 Å². The van der Waals surface area contributed by atoms with E-state index in [4.69, 9.17) is 0 Å². The maximum absolute atomic E-state index is 12.1. The molecule has 1 saturated heterocycles. The molecule has 104 valence electrons. The number of amides is 1. The number of hydrogen-bond donors (Lipinski definition) is 2.